The first-order chi connectivity index (χ1) is 9.52. The number of alkyl halides is 2. The van der Waals surface area contributed by atoms with Gasteiger partial charge >= 0.3 is 0 Å². The third-order valence-corrected chi connectivity index (χ3v) is 3.42. The summed E-state index contributed by atoms with van der Waals surface area (Å²) in [6.45, 7) is 2.58. The fraction of sp³-hybridized carbons (Fsp3) is 0.571. The Morgan fingerprint density at radius 3 is 2.65 bits per heavy atom. The monoisotopic (exact) mass is 325 g/mol. The average molecular weight is 326 g/mol. The summed E-state index contributed by atoms with van der Waals surface area (Å²) in [5.74, 6) is 0. The maximum Gasteiger partial charge on any atom is 0.261 e. The zero-order chi connectivity index (χ0) is 15.0. The number of ether oxygens (including phenoxy) is 1. The molecule has 1 unspecified atom stereocenters. The van der Waals surface area contributed by atoms with E-state index in [0.29, 0.717) is 29.5 Å². The summed E-state index contributed by atoms with van der Waals surface area (Å²) in [4.78, 5) is 0. The van der Waals surface area contributed by atoms with Gasteiger partial charge in [-0.25, -0.2) is 8.78 Å². The maximum atomic E-state index is 12.0. The molecule has 0 aliphatic heterocycles. The zero-order valence-corrected chi connectivity index (χ0v) is 12.9. The minimum Gasteiger partial charge on any atom is -0.375 e. The van der Waals surface area contributed by atoms with E-state index in [0.717, 1.165) is 12.1 Å². The van der Waals surface area contributed by atoms with Crippen molar-refractivity contribution in [1.29, 1.82) is 0 Å². The Balaban J connectivity index is 2.49. The van der Waals surface area contributed by atoms with Crippen molar-refractivity contribution in [2.45, 2.75) is 32.2 Å². The van der Waals surface area contributed by atoms with Crippen molar-refractivity contribution >= 4 is 23.2 Å². The Bertz CT molecular complexity index is 405. The molecule has 0 aromatic heterocycles. The van der Waals surface area contributed by atoms with Gasteiger partial charge in [-0.3, -0.25) is 0 Å². The lowest BCUT2D eigenvalue weighted by Gasteiger charge is -2.18. The Hall–Kier alpha value is -0.420. The number of likely N-dealkylation sites (N-methyl/N-ethyl adjacent to an activating group) is 1. The molecule has 0 amide bonds. The molecule has 0 saturated carbocycles. The van der Waals surface area contributed by atoms with E-state index in [2.05, 4.69) is 5.32 Å². The van der Waals surface area contributed by atoms with Crippen LogP contribution in [0.1, 0.15) is 18.9 Å². The number of benzene rings is 1. The first kappa shape index (κ1) is 17.6. The van der Waals surface area contributed by atoms with Crippen LogP contribution in [0, 0.1) is 0 Å². The summed E-state index contributed by atoms with van der Waals surface area (Å²) >= 11 is 12.0. The summed E-state index contributed by atoms with van der Waals surface area (Å²) in [7, 11) is 0. The predicted octanol–water partition coefficient (Wildman–Crippen LogP) is 4.19. The average Bonchev–Trinajstić information content (AvgIpc) is 2.37. The molecule has 6 heteroatoms. The molecule has 114 valence electrons. The second-order valence-corrected chi connectivity index (χ2v) is 5.29. The van der Waals surface area contributed by atoms with Crippen molar-refractivity contribution in [1.82, 2.24) is 5.32 Å². The van der Waals surface area contributed by atoms with E-state index in [1.165, 1.54) is 0 Å². The molecule has 0 radical (unpaired) electrons. The summed E-state index contributed by atoms with van der Waals surface area (Å²) in [6, 6.07) is 5.51. The zero-order valence-electron chi connectivity index (χ0n) is 11.3. The van der Waals surface area contributed by atoms with Crippen molar-refractivity contribution in [3.05, 3.63) is 33.8 Å². The topological polar surface area (TPSA) is 21.3 Å². The fourth-order valence-electron chi connectivity index (χ4n) is 1.92. The van der Waals surface area contributed by atoms with Gasteiger partial charge in [-0.1, -0.05) is 36.2 Å². The molecule has 0 spiro atoms. The highest BCUT2D eigenvalue weighted by Gasteiger charge is 2.12. The molecule has 0 heterocycles. The molecule has 0 aliphatic carbocycles. The van der Waals surface area contributed by atoms with Crippen LogP contribution < -0.4 is 5.32 Å². The quantitative estimate of drug-likeness (QED) is 0.687. The van der Waals surface area contributed by atoms with Gasteiger partial charge < -0.3 is 10.1 Å². The van der Waals surface area contributed by atoms with Gasteiger partial charge in [-0.2, -0.15) is 0 Å². The predicted molar refractivity (Wildman–Crippen MR) is 79.1 cm³/mol. The molecule has 1 aromatic carbocycles. The number of hydrogen-bond acceptors (Lipinski definition) is 2. The normalized spacial score (nSPS) is 12.9. The van der Waals surface area contributed by atoms with Gasteiger partial charge in [-0.05, 0) is 37.1 Å². The third kappa shape index (κ3) is 6.84. The maximum absolute atomic E-state index is 12.0. The highest BCUT2D eigenvalue weighted by molar-refractivity contribution is 6.35. The van der Waals surface area contributed by atoms with Crippen molar-refractivity contribution in [2.75, 3.05) is 19.8 Å². The lowest BCUT2D eigenvalue weighted by Crippen LogP contribution is -2.32. The molecule has 1 N–H and O–H groups in total. The molecular formula is C14H19Cl2F2NO. The van der Waals surface area contributed by atoms with Crippen LogP contribution in [-0.4, -0.2) is 32.2 Å². The first-order valence-electron chi connectivity index (χ1n) is 6.56. The van der Waals surface area contributed by atoms with Gasteiger partial charge in [0.1, 0.15) is 6.61 Å². The Morgan fingerprint density at radius 1 is 1.30 bits per heavy atom. The van der Waals surface area contributed by atoms with E-state index in [-0.39, 0.29) is 6.04 Å². The second-order valence-electron chi connectivity index (χ2n) is 4.45. The van der Waals surface area contributed by atoms with Gasteiger partial charge in [0.25, 0.3) is 6.43 Å². The second kappa shape index (κ2) is 9.50. The molecular weight excluding hydrogens is 307 g/mol. The number of rotatable bonds is 9. The van der Waals surface area contributed by atoms with E-state index in [9.17, 15) is 8.78 Å². The molecule has 2 nitrogen and oxygen atoms in total. The van der Waals surface area contributed by atoms with Gasteiger partial charge in [0.05, 0.1) is 0 Å². The number of halogens is 4. The van der Waals surface area contributed by atoms with Crippen LogP contribution in [0.4, 0.5) is 8.78 Å². The Morgan fingerprint density at radius 2 is 2.05 bits per heavy atom. The molecule has 1 aromatic rings. The number of hydrogen-bond donors (Lipinski definition) is 1. The smallest absolute Gasteiger partial charge is 0.261 e. The molecule has 1 rings (SSSR count). The molecule has 20 heavy (non-hydrogen) atoms. The van der Waals surface area contributed by atoms with Gasteiger partial charge in [0, 0.05) is 22.7 Å². The van der Waals surface area contributed by atoms with Gasteiger partial charge in [0.15, 0.2) is 0 Å². The van der Waals surface area contributed by atoms with Crippen LogP contribution in [0.5, 0.6) is 0 Å². The van der Waals surface area contributed by atoms with Crippen LogP contribution in [0.2, 0.25) is 10.0 Å². The SMILES string of the molecule is CCNC(CCOCC(F)F)Cc1ccc(Cl)cc1Cl. The summed E-state index contributed by atoms with van der Waals surface area (Å²) in [6.07, 6.45) is -1.06. The highest BCUT2D eigenvalue weighted by atomic mass is 35.5. The van der Waals surface area contributed by atoms with Crippen molar-refractivity contribution in [3.63, 3.8) is 0 Å². The van der Waals surface area contributed by atoms with E-state index in [1.54, 1.807) is 12.1 Å². The van der Waals surface area contributed by atoms with Gasteiger partial charge in [0.2, 0.25) is 0 Å². The molecule has 0 aliphatic rings. The lowest BCUT2D eigenvalue weighted by atomic mass is 10.0. The van der Waals surface area contributed by atoms with Crippen LogP contribution in [0.15, 0.2) is 18.2 Å². The van der Waals surface area contributed by atoms with E-state index in [4.69, 9.17) is 27.9 Å². The van der Waals surface area contributed by atoms with Crippen LogP contribution >= 0.6 is 23.2 Å². The lowest BCUT2D eigenvalue weighted by molar-refractivity contribution is 0.0144. The highest BCUT2D eigenvalue weighted by Crippen LogP contribution is 2.22. The minimum atomic E-state index is -2.42. The van der Waals surface area contributed by atoms with Crippen LogP contribution in [0.25, 0.3) is 0 Å². The van der Waals surface area contributed by atoms with Crippen LogP contribution in [-0.2, 0) is 11.2 Å². The van der Waals surface area contributed by atoms with E-state index in [1.807, 2.05) is 13.0 Å². The molecule has 0 saturated heterocycles. The van der Waals surface area contributed by atoms with Crippen LogP contribution in [0.3, 0.4) is 0 Å². The van der Waals surface area contributed by atoms with E-state index < -0.39 is 13.0 Å². The standard InChI is InChI=1S/C14H19Cl2F2NO/c1-2-19-12(5-6-20-9-14(17)18)7-10-3-4-11(15)8-13(10)16/h3-4,8,12,14,19H,2,5-7,9H2,1H3. The van der Waals surface area contributed by atoms with Gasteiger partial charge in [-0.15, -0.1) is 0 Å². The Kier molecular flexibility index (Phi) is 8.38. The third-order valence-electron chi connectivity index (χ3n) is 2.83. The molecule has 1 atom stereocenters. The summed E-state index contributed by atoms with van der Waals surface area (Å²) < 4.78 is 28.9. The summed E-state index contributed by atoms with van der Waals surface area (Å²) in [5, 5.41) is 4.52. The minimum absolute atomic E-state index is 0.136. The van der Waals surface area contributed by atoms with Crippen molar-refractivity contribution < 1.29 is 13.5 Å². The Labute approximate surface area is 128 Å². The fourth-order valence-corrected chi connectivity index (χ4v) is 2.40. The summed E-state index contributed by atoms with van der Waals surface area (Å²) in [5.41, 5.74) is 0.982. The number of nitrogens with one attached hydrogen (secondary N) is 1. The largest absolute Gasteiger partial charge is 0.375 e. The molecule has 0 bridgehead atoms. The molecule has 0 fully saturated rings. The van der Waals surface area contributed by atoms with Crippen molar-refractivity contribution in [3.8, 4) is 0 Å². The first-order valence-corrected chi connectivity index (χ1v) is 7.31. The van der Waals surface area contributed by atoms with Crippen molar-refractivity contribution in [2.24, 2.45) is 0 Å². The van der Waals surface area contributed by atoms with E-state index >= 15 is 0 Å².